The van der Waals surface area contributed by atoms with Gasteiger partial charge in [-0.25, -0.2) is 0 Å². The Morgan fingerprint density at radius 3 is 2.95 bits per heavy atom. The van der Waals surface area contributed by atoms with E-state index in [-0.39, 0.29) is 24.0 Å². The summed E-state index contributed by atoms with van der Waals surface area (Å²) in [6, 6.07) is 7.88. The van der Waals surface area contributed by atoms with Crippen molar-refractivity contribution in [1.29, 1.82) is 0 Å². The monoisotopic (exact) mass is 407 g/mol. The van der Waals surface area contributed by atoms with Crippen LogP contribution in [0.25, 0.3) is 0 Å². The van der Waals surface area contributed by atoms with Crippen molar-refractivity contribution in [2.45, 2.75) is 6.61 Å². The van der Waals surface area contributed by atoms with Crippen LogP contribution in [0.15, 0.2) is 41.9 Å². The van der Waals surface area contributed by atoms with Gasteiger partial charge in [-0.2, -0.15) is 11.8 Å². The van der Waals surface area contributed by atoms with Crippen molar-refractivity contribution in [2.75, 3.05) is 30.5 Å². The quantitative estimate of drug-likeness (QED) is 0.229. The van der Waals surface area contributed by atoms with Gasteiger partial charge in [0.25, 0.3) is 0 Å². The highest BCUT2D eigenvalue weighted by molar-refractivity contribution is 14.0. The third kappa shape index (κ3) is 7.76. The van der Waals surface area contributed by atoms with Gasteiger partial charge in [0.2, 0.25) is 0 Å². The van der Waals surface area contributed by atoms with E-state index in [0.29, 0.717) is 19.1 Å². The number of nitrogens with zero attached hydrogens (tertiary/aromatic N) is 1. The van der Waals surface area contributed by atoms with Crippen molar-refractivity contribution in [3.63, 3.8) is 0 Å². The summed E-state index contributed by atoms with van der Waals surface area (Å²) in [4.78, 5) is 4.28. The smallest absolute Gasteiger partial charge is 0.193 e. The van der Waals surface area contributed by atoms with E-state index in [0.717, 1.165) is 22.8 Å². The molecule has 0 bridgehead atoms. The van der Waals surface area contributed by atoms with E-state index in [2.05, 4.69) is 16.9 Å². The molecule has 0 amide bonds. The van der Waals surface area contributed by atoms with Gasteiger partial charge >= 0.3 is 0 Å². The van der Waals surface area contributed by atoms with Gasteiger partial charge in [0, 0.05) is 29.9 Å². The van der Waals surface area contributed by atoms with E-state index < -0.39 is 0 Å². The first-order chi connectivity index (χ1) is 9.27. The molecule has 1 aromatic carbocycles. The Kier molecular flexibility index (Phi) is 11.6. The maximum atomic E-state index is 5.85. The molecule has 0 aromatic heterocycles. The molecule has 0 atom stereocenters. The topological polar surface area (TPSA) is 59.6 Å². The van der Waals surface area contributed by atoms with Gasteiger partial charge < -0.3 is 15.8 Å². The molecular formula is C14H22IN3OS. The number of para-hydroxylation sites is 1. The Labute approximate surface area is 142 Å². The number of methoxy groups -OCH3 is 1. The molecule has 0 spiro atoms. The Balaban J connectivity index is 0.00000361. The highest BCUT2D eigenvalue weighted by Gasteiger charge is 2.01. The van der Waals surface area contributed by atoms with Crippen molar-refractivity contribution in [3.8, 4) is 0 Å². The van der Waals surface area contributed by atoms with Crippen LogP contribution in [0.4, 0.5) is 5.69 Å². The number of hydrogen-bond acceptors (Lipinski definition) is 3. The number of nitrogens with two attached hydrogens (primary N) is 1. The third-order valence-corrected chi connectivity index (χ3v) is 3.28. The van der Waals surface area contributed by atoms with Crippen LogP contribution in [0, 0.1) is 0 Å². The summed E-state index contributed by atoms with van der Waals surface area (Å²) >= 11 is 1.78. The number of nitrogens with one attached hydrogen (secondary N) is 1. The SMILES string of the molecule is C=CCSCCN=C(N)Nc1ccccc1COC.I. The molecule has 4 nitrogen and oxygen atoms in total. The largest absolute Gasteiger partial charge is 0.380 e. The standard InChI is InChI=1S/C14H21N3OS.HI/c1-3-9-19-10-8-16-14(15)17-13-7-5-4-6-12(13)11-18-2;/h3-7H,1,8-11H2,2H3,(H3,15,16,17);1H. The first kappa shape index (κ1) is 19.3. The molecule has 0 saturated carbocycles. The van der Waals surface area contributed by atoms with Crippen molar-refractivity contribution >= 4 is 47.4 Å². The van der Waals surface area contributed by atoms with Crippen LogP contribution < -0.4 is 11.1 Å². The molecule has 1 rings (SSSR count). The van der Waals surface area contributed by atoms with Gasteiger partial charge in [-0.05, 0) is 6.07 Å². The third-order valence-electron chi connectivity index (χ3n) is 2.33. The van der Waals surface area contributed by atoms with Gasteiger partial charge in [0.05, 0.1) is 13.2 Å². The fraction of sp³-hybridized carbons (Fsp3) is 0.357. The minimum absolute atomic E-state index is 0. The molecule has 3 N–H and O–H groups in total. The molecule has 1 aromatic rings. The van der Waals surface area contributed by atoms with Gasteiger partial charge in [-0.15, -0.1) is 30.6 Å². The number of anilines is 1. The van der Waals surface area contributed by atoms with Crippen LogP contribution >= 0.6 is 35.7 Å². The predicted octanol–water partition coefficient (Wildman–Crippen LogP) is 3.10. The molecule has 0 aliphatic carbocycles. The highest BCUT2D eigenvalue weighted by Crippen LogP contribution is 2.15. The minimum atomic E-state index is 0. The van der Waals surface area contributed by atoms with Crippen LogP contribution in [0.2, 0.25) is 0 Å². The van der Waals surface area contributed by atoms with Crippen LogP contribution in [-0.2, 0) is 11.3 Å². The number of halogens is 1. The van der Waals surface area contributed by atoms with E-state index in [4.69, 9.17) is 10.5 Å². The zero-order valence-corrected chi connectivity index (χ0v) is 14.8. The minimum Gasteiger partial charge on any atom is -0.380 e. The molecule has 6 heteroatoms. The van der Waals surface area contributed by atoms with E-state index in [1.54, 1.807) is 18.9 Å². The first-order valence-electron chi connectivity index (χ1n) is 6.10. The van der Waals surface area contributed by atoms with Crippen LogP contribution in [0.3, 0.4) is 0 Å². The number of thioether (sulfide) groups is 1. The molecule has 0 fully saturated rings. The summed E-state index contributed by atoms with van der Waals surface area (Å²) in [5, 5.41) is 3.10. The number of hydrogen-bond donors (Lipinski definition) is 2. The fourth-order valence-corrected chi connectivity index (χ4v) is 2.05. The van der Waals surface area contributed by atoms with Crippen LogP contribution in [0.1, 0.15) is 5.56 Å². The molecule has 20 heavy (non-hydrogen) atoms. The maximum absolute atomic E-state index is 5.85. The molecule has 0 aliphatic rings. The highest BCUT2D eigenvalue weighted by atomic mass is 127. The number of guanidine groups is 1. The summed E-state index contributed by atoms with van der Waals surface area (Å²) in [5.41, 5.74) is 7.85. The normalized spacial score (nSPS) is 10.8. The molecule has 0 aliphatic heterocycles. The summed E-state index contributed by atoms with van der Waals surface area (Å²) in [6.45, 7) is 4.92. The molecule has 112 valence electrons. The van der Waals surface area contributed by atoms with Crippen LogP contribution in [-0.4, -0.2) is 31.1 Å². The van der Waals surface area contributed by atoms with E-state index in [1.165, 1.54) is 0 Å². The Bertz CT molecular complexity index is 427. The van der Waals surface area contributed by atoms with Gasteiger partial charge in [0.1, 0.15) is 0 Å². The van der Waals surface area contributed by atoms with E-state index in [1.807, 2.05) is 30.3 Å². The second-order valence-corrected chi connectivity index (χ2v) is 5.00. The lowest BCUT2D eigenvalue weighted by atomic mass is 10.2. The molecular weight excluding hydrogens is 385 g/mol. The van der Waals surface area contributed by atoms with Gasteiger partial charge in [-0.1, -0.05) is 24.3 Å². The Morgan fingerprint density at radius 1 is 1.50 bits per heavy atom. The van der Waals surface area contributed by atoms with Gasteiger partial charge in [0.15, 0.2) is 5.96 Å². The zero-order chi connectivity index (χ0) is 13.9. The summed E-state index contributed by atoms with van der Waals surface area (Å²) in [7, 11) is 1.67. The Hall–Kier alpha value is -0.730. The molecule has 0 unspecified atom stereocenters. The average molecular weight is 407 g/mol. The maximum Gasteiger partial charge on any atom is 0.193 e. The lowest BCUT2D eigenvalue weighted by Gasteiger charge is -2.10. The second kappa shape index (κ2) is 12.0. The summed E-state index contributed by atoms with van der Waals surface area (Å²) in [5.74, 6) is 2.32. The lowest BCUT2D eigenvalue weighted by molar-refractivity contribution is 0.185. The summed E-state index contributed by atoms with van der Waals surface area (Å²) in [6.07, 6.45) is 1.89. The van der Waals surface area contributed by atoms with Crippen molar-refractivity contribution in [3.05, 3.63) is 42.5 Å². The molecule has 0 heterocycles. The first-order valence-corrected chi connectivity index (χ1v) is 7.25. The average Bonchev–Trinajstić information content (AvgIpc) is 2.41. The van der Waals surface area contributed by atoms with Crippen molar-refractivity contribution in [2.24, 2.45) is 10.7 Å². The van der Waals surface area contributed by atoms with Crippen molar-refractivity contribution < 1.29 is 4.74 Å². The second-order valence-electron chi connectivity index (χ2n) is 3.85. The van der Waals surface area contributed by atoms with Gasteiger partial charge in [-0.3, -0.25) is 4.99 Å². The Morgan fingerprint density at radius 2 is 2.25 bits per heavy atom. The molecule has 0 radical (unpaired) electrons. The number of ether oxygens (including phenoxy) is 1. The number of rotatable bonds is 8. The van der Waals surface area contributed by atoms with E-state index >= 15 is 0 Å². The zero-order valence-electron chi connectivity index (χ0n) is 11.7. The number of aliphatic imine (C=N–C) groups is 1. The lowest BCUT2D eigenvalue weighted by Crippen LogP contribution is -2.23. The van der Waals surface area contributed by atoms with Crippen molar-refractivity contribution in [1.82, 2.24) is 0 Å². The predicted molar refractivity (Wildman–Crippen MR) is 100 cm³/mol. The number of benzene rings is 1. The summed E-state index contributed by atoms with van der Waals surface area (Å²) < 4.78 is 5.14. The van der Waals surface area contributed by atoms with E-state index in [9.17, 15) is 0 Å². The fourth-order valence-electron chi connectivity index (χ4n) is 1.50. The molecule has 0 saturated heterocycles. The van der Waals surface area contributed by atoms with Crippen LogP contribution in [0.5, 0.6) is 0 Å².